The highest BCUT2D eigenvalue weighted by atomic mass is 16.6. The van der Waals surface area contributed by atoms with Gasteiger partial charge in [0.25, 0.3) is 0 Å². The third-order valence-electron chi connectivity index (χ3n) is 4.08. The molecule has 1 aliphatic heterocycles. The monoisotopic (exact) mass is 320 g/mol. The van der Waals surface area contributed by atoms with E-state index in [2.05, 4.69) is 4.98 Å². The van der Waals surface area contributed by atoms with Crippen LogP contribution in [0.5, 0.6) is 11.6 Å². The Balaban J connectivity index is 1.66. The smallest absolute Gasteiger partial charge is 0.417 e. The Morgan fingerprint density at radius 1 is 1.17 bits per heavy atom. The molecule has 0 saturated carbocycles. The summed E-state index contributed by atoms with van der Waals surface area (Å²) in [6.45, 7) is 0.998. The number of ether oxygens (including phenoxy) is 2. The van der Waals surface area contributed by atoms with Gasteiger partial charge in [-0.15, -0.1) is 0 Å². The fourth-order valence-electron chi connectivity index (χ4n) is 2.84. The highest BCUT2D eigenvalue weighted by molar-refractivity contribution is 5.83. The van der Waals surface area contributed by atoms with Crippen molar-refractivity contribution >= 4 is 17.0 Å². The molecule has 0 N–H and O–H groups in total. The third kappa shape index (κ3) is 2.65. The van der Waals surface area contributed by atoms with Crippen LogP contribution in [0, 0.1) is 0 Å². The summed E-state index contributed by atoms with van der Waals surface area (Å²) < 4.78 is 10.6. The van der Waals surface area contributed by atoms with Gasteiger partial charge in [-0.25, -0.2) is 9.78 Å². The lowest BCUT2D eigenvalue weighted by atomic mass is 10.1. The van der Waals surface area contributed by atoms with E-state index < -0.39 is 0 Å². The minimum absolute atomic E-state index is 0.374. The molecule has 0 aliphatic carbocycles. The molecule has 3 aromatic rings. The summed E-state index contributed by atoms with van der Waals surface area (Å²) in [5, 5.41) is 0.993. The number of carbonyl (C=O) groups is 1. The molecule has 0 fully saturated rings. The van der Waals surface area contributed by atoms with E-state index in [1.165, 1.54) is 0 Å². The van der Waals surface area contributed by atoms with E-state index in [1.54, 1.807) is 12.0 Å². The molecule has 24 heavy (non-hydrogen) atoms. The highest BCUT2D eigenvalue weighted by Crippen LogP contribution is 2.30. The van der Waals surface area contributed by atoms with Crippen molar-refractivity contribution in [1.82, 2.24) is 9.88 Å². The predicted octanol–water partition coefficient (Wildman–Crippen LogP) is 3.76. The molecule has 0 radical (unpaired) electrons. The summed E-state index contributed by atoms with van der Waals surface area (Å²) in [7, 11) is 1.61. The van der Waals surface area contributed by atoms with Crippen LogP contribution in [0.4, 0.5) is 4.79 Å². The quantitative estimate of drug-likeness (QED) is 0.737. The summed E-state index contributed by atoms with van der Waals surface area (Å²) >= 11 is 0. The van der Waals surface area contributed by atoms with Gasteiger partial charge in [-0.1, -0.05) is 30.3 Å². The van der Waals surface area contributed by atoms with Crippen LogP contribution >= 0.6 is 0 Å². The first kappa shape index (κ1) is 14.5. The van der Waals surface area contributed by atoms with Crippen LogP contribution in [0.2, 0.25) is 0 Å². The van der Waals surface area contributed by atoms with Gasteiger partial charge in [0.15, 0.2) is 0 Å². The molecule has 5 nitrogen and oxygen atoms in total. The van der Waals surface area contributed by atoms with Gasteiger partial charge >= 0.3 is 6.09 Å². The number of carbonyl (C=O) groups excluding carboxylic acids is 1. The minimum atomic E-state index is -0.374. The van der Waals surface area contributed by atoms with Crippen LogP contribution in [0.3, 0.4) is 0 Å². The topological polar surface area (TPSA) is 51.7 Å². The molecule has 0 bridgehead atoms. The molecule has 0 saturated heterocycles. The Morgan fingerprint density at radius 2 is 2.00 bits per heavy atom. The van der Waals surface area contributed by atoms with Crippen molar-refractivity contribution in [3.8, 4) is 11.6 Å². The highest BCUT2D eigenvalue weighted by Gasteiger charge is 2.26. The number of methoxy groups -OCH3 is 1. The summed E-state index contributed by atoms with van der Waals surface area (Å²) in [4.78, 5) is 18.4. The molecule has 5 heteroatoms. The van der Waals surface area contributed by atoms with E-state index in [9.17, 15) is 4.79 Å². The van der Waals surface area contributed by atoms with Crippen molar-refractivity contribution in [2.45, 2.75) is 13.1 Å². The molecule has 2 aromatic carbocycles. The lowest BCUT2D eigenvalue weighted by molar-refractivity contribution is 0.133. The van der Waals surface area contributed by atoms with Gasteiger partial charge in [-0.05, 0) is 23.8 Å². The van der Waals surface area contributed by atoms with Gasteiger partial charge < -0.3 is 9.47 Å². The SMILES string of the molecule is COc1ccc2cc3c(nc2c1)OC(=O)N(Cc1ccccc1)C3. The van der Waals surface area contributed by atoms with Gasteiger partial charge in [0.1, 0.15) is 5.75 Å². The largest absolute Gasteiger partial charge is 0.497 e. The van der Waals surface area contributed by atoms with Crippen LogP contribution in [-0.2, 0) is 13.1 Å². The maximum absolute atomic E-state index is 12.3. The predicted molar refractivity (Wildman–Crippen MR) is 90.0 cm³/mol. The maximum atomic E-state index is 12.3. The van der Waals surface area contributed by atoms with Gasteiger partial charge in [-0.3, -0.25) is 4.90 Å². The first-order valence-electron chi connectivity index (χ1n) is 7.71. The van der Waals surface area contributed by atoms with Crippen molar-refractivity contribution in [3.05, 3.63) is 65.7 Å². The van der Waals surface area contributed by atoms with Crippen LogP contribution in [0.15, 0.2) is 54.6 Å². The second-order valence-electron chi connectivity index (χ2n) is 5.72. The second-order valence-corrected chi connectivity index (χ2v) is 5.72. The Morgan fingerprint density at radius 3 is 2.79 bits per heavy atom. The van der Waals surface area contributed by atoms with Crippen LogP contribution < -0.4 is 9.47 Å². The first-order chi connectivity index (χ1) is 11.7. The number of nitrogens with zero attached hydrogens (tertiary/aromatic N) is 2. The molecule has 1 aromatic heterocycles. The van der Waals surface area contributed by atoms with E-state index in [4.69, 9.17) is 9.47 Å². The Hall–Kier alpha value is -3.08. The van der Waals surface area contributed by atoms with Gasteiger partial charge in [0.2, 0.25) is 5.88 Å². The molecule has 0 atom stereocenters. The van der Waals surface area contributed by atoms with Gasteiger partial charge in [0, 0.05) is 23.6 Å². The van der Waals surface area contributed by atoms with E-state index >= 15 is 0 Å². The zero-order valence-electron chi connectivity index (χ0n) is 13.2. The Labute approximate surface area is 139 Å². The summed E-state index contributed by atoms with van der Waals surface area (Å²) in [6.07, 6.45) is -0.374. The minimum Gasteiger partial charge on any atom is -0.497 e. The number of fused-ring (bicyclic) bond motifs is 2. The van der Waals surface area contributed by atoms with Gasteiger partial charge in [-0.2, -0.15) is 0 Å². The number of hydrogen-bond acceptors (Lipinski definition) is 4. The lowest BCUT2D eigenvalue weighted by Gasteiger charge is -2.27. The maximum Gasteiger partial charge on any atom is 0.417 e. The van der Waals surface area contributed by atoms with Crippen molar-refractivity contribution in [1.29, 1.82) is 0 Å². The summed E-state index contributed by atoms with van der Waals surface area (Å²) in [5.74, 6) is 1.10. The van der Waals surface area contributed by atoms with E-state index in [-0.39, 0.29) is 6.09 Å². The fourth-order valence-corrected chi connectivity index (χ4v) is 2.84. The summed E-state index contributed by atoms with van der Waals surface area (Å²) in [5.41, 5.74) is 2.72. The molecule has 4 rings (SSSR count). The molecule has 120 valence electrons. The number of amides is 1. The second kappa shape index (κ2) is 5.85. The van der Waals surface area contributed by atoms with E-state index in [0.29, 0.717) is 19.0 Å². The lowest BCUT2D eigenvalue weighted by Crippen LogP contribution is -2.36. The molecule has 1 aliphatic rings. The molecule has 1 amide bonds. The standard InChI is InChI=1S/C19H16N2O3/c1-23-16-8-7-14-9-15-12-21(11-13-5-3-2-4-6-13)19(22)24-18(15)20-17(14)10-16/h2-10H,11-12H2,1H3. The Bertz CT molecular complexity index is 909. The zero-order chi connectivity index (χ0) is 16.5. The van der Waals surface area contributed by atoms with E-state index in [0.717, 1.165) is 27.8 Å². The Kier molecular flexibility index (Phi) is 3.54. The number of pyridine rings is 1. The molecular formula is C19H16N2O3. The van der Waals surface area contributed by atoms with Crippen LogP contribution in [0.1, 0.15) is 11.1 Å². The first-order valence-corrected chi connectivity index (χ1v) is 7.71. The van der Waals surface area contributed by atoms with E-state index in [1.807, 2.05) is 54.6 Å². The van der Waals surface area contributed by atoms with Crippen molar-refractivity contribution in [3.63, 3.8) is 0 Å². The zero-order valence-corrected chi connectivity index (χ0v) is 13.2. The average molecular weight is 320 g/mol. The molecule has 0 spiro atoms. The average Bonchev–Trinajstić information content (AvgIpc) is 2.61. The number of rotatable bonds is 3. The van der Waals surface area contributed by atoms with Crippen LogP contribution in [0.25, 0.3) is 10.9 Å². The van der Waals surface area contributed by atoms with Crippen molar-refractivity contribution < 1.29 is 14.3 Å². The number of hydrogen-bond donors (Lipinski definition) is 0. The van der Waals surface area contributed by atoms with Crippen molar-refractivity contribution in [2.75, 3.05) is 7.11 Å². The third-order valence-corrected chi connectivity index (χ3v) is 4.08. The normalized spacial score (nSPS) is 13.5. The number of aromatic nitrogens is 1. The van der Waals surface area contributed by atoms with Gasteiger partial charge in [0.05, 0.1) is 19.2 Å². The van der Waals surface area contributed by atoms with Crippen molar-refractivity contribution in [2.24, 2.45) is 0 Å². The van der Waals surface area contributed by atoms with Crippen LogP contribution in [-0.4, -0.2) is 23.1 Å². The fraction of sp³-hybridized carbons (Fsp3) is 0.158. The molecule has 2 heterocycles. The molecular weight excluding hydrogens is 304 g/mol. The molecule has 0 unspecified atom stereocenters. The number of benzene rings is 2. The summed E-state index contributed by atoms with van der Waals surface area (Å²) in [6, 6.07) is 17.6.